The molecule has 0 aliphatic carbocycles. The maximum atomic E-state index is 12.1. The first-order valence-electron chi connectivity index (χ1n) is 7.09. The molecule has 0 aliphatic rings. The third kappa shape index (κ3) is 4.80. The fourth-order valence-electron chi connectivity index (χ4n) is 2.07. The van der Waals surface area contributed by atoms with E-state index in [2.05, 4.69) is 21.2 Å². The minimum Gasteiger partial charge on any atom is -0.496 e. The predicted octanol–water partition coefficient (Wildman–Crippen LogP) is 4.03. The molecule has 0 aliphatic heterocycles. The Morgan fingerprint density at radius 1 is 1.20 bits per heavy atom. The van der Waals surface area contributed by atoms with Gasteiger partial charge in [0.05, 0.1) is 25.2 Å². The van der Waals surface area contributed by atoms with E-state index in [0.717, 1.165) is 4.47 Å². The van der Waals surface area contributed by atoms with Crippen molar-refractivity contribution in [2.75, 3.05) is 19.5 Å². The minimum absolute atomic E-state index is 0.0849. The monoisotopic (exact) mass is 406 g/mol. The summed E-state index contributed by atoms with van der Waals surface area (Å²) in [5.41, 5.74) is 0.527. The van der Waals surface area contributed by atoms with Gasteiger partial charge in [-0.3, -0.25) is 14.9 Å². The Morgan fingerprint density at radius 3 is 2.60 bits per heavy atom. The number of ether oxygens (including phenoxy) is 2. The first kappa shape index (κ1) is 18.5. The molecule has 8 heteroatoms. The number of rotatable bonds is 6. The van der Waals surface area contributed by atoms with Gasteiger partial charge >= 0.3 is 0 Å². The summed E-state index contributed by atoms with van der Waals surface area (Å²) in [6.07, 6.45) is 2.84. The molecule has 0 radical (unpaired) electrons. The molecule has 0 bridgehead atoms. The summed E-state index contributed by atoms with van der Waals surface area (Å²) < 4.78 is 11.0. The summed E-state index contributed by atoms with van der Waals surface area (Å²) in [5.74, 6) is 0.428. The first-order chi connectivity index (χ1) is 11.9. The first-order valence-corrected chi connectivity index (χ1v) is 7.89. The van der Waals surface area contributed by atoms with E-state index in [4.69, 9.17) is 9.47 Å². The van der Waals surface area contributed by atoms with E-state index < -0.39 is 10.8 Å². The molecule has 2 aromatic rings. The lowest BCUT2D eigenvalue weighted by Gasteiger charge is -2.06. The van der Waals surface area contributed by atoms with Crippen molar-refractivity contribution in [3.63, 3.8) is 0 Å². The van der Waals surface area contributed by atoms with Crippen LogP contribution in [0.3, 0.4) is 0 Å². The van der Waals surface area contributed by atoms with Gasteiger partial charge in [-0.25, -0.2) is 0 Å². The molecule has 0 unspecified atom stereocenters. The van der Waals surface area contributed by atoms with Crippen LogP contribution in [0.15, 0.2) is 46.9 Å². The number of nitro groups is 1. The zero-order valence-corrected chi connectivity index (χ0v) is 15.1. The van der Waals surface area contributed by atoms with E-state index in [9.17, 15) is 14.9 Å². The van der Waals surface area contributed by atoms with E-state index in [0.29, 0.717) is 17.1 Å². The van der Waals surface area contributed by atoms with Gasteiger partial charge in [-0.05, 0) is 36.4 Å². The topological polar surface area (TPSA) is 90.7 Å². The number of amides is 1. The van der Waals surface area contributed by atoms with Crippen molar-refractivity contribution in [1.29, 1.82) is 0 Å². The Morgan fingerprint density at radius 2 is 1.96 bits per heavy atom. The quantitative estimate of drug-likeness (QED) is 0.444. The zero-order chi connectivity index (χ0) is 18.4. The van der Waals surface area contributed by atoms with Crippen molar-refractivity contribution < 1.29 is 19.2 Å². The molecule has 0 atom stereocenters. The van der Waals surface area contributed by atoms with Gasteiger partial charge in [0.2, 0.25) is 5.91 Å². The smallest absolute Gasteiger partial charge is 0.296 e. The normalized spacial score (nSPS) is 10.5. The third-order valence-electron chi connectivity index (χ3n) is 3.27. The lowest BCUT2D eigenvalue weighted by atomic mass is 10.2. The maximum Gasteiger partial charge on any atom is 0.296 e. The number of nitrogens with zero attached hydrogens (tertiary/aromatic N) is 1. The van der Waals surface area contributed by atoms with Crippen LogP contribution in [-0.2, 0) is 4.79 Å². The number of nitrogens with one attached hydrogen (secondary N) is 1. The molecule has 1 amide bonds. The van der Waals surface area contributed by atoms with Crippen molar-refractivity contribution in [2.45, 2.75) is 0 Å². The molecule has 2 rings (SSSR count). The van der Waals surface area contributed by atoms with Gasteiger partial charge in [-0.1, -0.05) is 15.9 Å². The van der Waals surface area contributed by atoms with E-state index in [-0.39, 0.29) is 11.4 Å². The van der Waals surface area contributed by atoms with Crippen molar-refractivity contribution in [1.82, 2.24) is 0 Å². The number of nitro benzene ring substituents is 1. The number of benzene rings is 2. The van der Waals surface area contributed by atoms with Crippen molar-refractivity contribution in [2.24, 2.45) is 0 Å². The van der Waals surface area contributed by atoms with E-state index in [1.165, 1.54) is 38.5 Å². The largest absolute Gasteiger partial charge is 0.496 e. The molecule has 1 N–H and O–H groups in total. The van der Waals surface area contributed by atoms with Gasteiger partial charge < -0.3 is 14.8 Å². The number of halogens is 1. The molecular weight excluding hydrogens is 392 g/mol. The van der Waals surface area contributed by atoms with Gasteiger partial charge in [0.15, 0.2) is 0 Å². The highest BCUT2D eigenvalue weighted by atomic mass is 79.9. The van der Waals surface area contributed by atoms with E-state index in [1.54, 1.807) is 18.2 Å². The molecule has 0 heterocycles. The highest BCUT2D eigenvalue weighted by Crippen LogP contribution is 2.29. The van der Waals surface area contributed by atoms with Crippen LogP contribution in [0.5, 0.6) is 11.5 Å². The number of anilines is 1. The highest BCUT2D eigenvalue weighted by Gasteiger charge is 2.16. The Bertz CT molecular complexity index is 836. The van der Waals surface area contributed by atoms with Crippen LogP contribution in [0.2, 0.25) is 0 Å². The SMILES string of the molecule is COc1ccc(NC(=O)C=Cc2cc(Br)ccc2OC)c([N+](=O)[O-])c1. The second-order valence-corrected chi connectivity index (χ2v) is 5.76. The van der Waals surface area contributed by atoms with Gasteiger partial charge in [0, 0.05) is 16.1 Å². The van der Waals surface area contributed by atoms with Crippen LogP contribution in [0.25, 0.3) is 6.08 Å². The van der Waals surface area contributed by atoms with Gasteiger partial charge in [0.25, 0.3) is 5.69 Å². The molecule has 25 heavy (non-hydrogen) atoms. The molecular formula is C17H15BrN2O5. The summed E-state index contributed by atoms with van der Waals surface area (Å²) in [7, 11) is 2.94. The summed E-state index contributed by atoms with van der Waals surface area (Å²) in [5, 5.41) is 13.6. The molecule has 130 valence electrons. The lowest BCUT2D eigenvalue weighted by Crippen LogP contribution is -2.09. The lowest BCUT2D eigenvalue weighted by molar-refractivity contribution is -0.384. The van der Waals surface area contributed by atoms with Crippen molar-refractivity contribution in [3.05, 3.63) is 62.6 Å². The molecule has 0 fully saturated rings. The van der Waals surface area contributed by atoms with Crippen LogP contribution in [0, 0.1) is 10.1 Å². The average Bonchev–Trinajstić information content (AvgIpc) is 2.60. The molecule has 0 saturated heterocycles. The molecule has 2 aromatic carbocycles. The molecule has 7 nitrogen and oxygen atoms in total. The van der Waals surface area contributed by atoms with Crippen LogP contribution < -0.4 is 14.8 Å². The second-order valence-electron chi connectivity index (χ2n) is 4.85. The van der Waals surface area contributed by atoms with E-state index >= 15 is 0 Å². The Balaban J connectivity index is 2.21. The number of methoxy groups -OCH3 is 2. The highest BCUT2D eigenvalue weighted by molar-refractivity contribution is 9.10. The Labute approximate surface area is 152 Å². The maximum absolute atomic E-state index is 12.1. The minimum atomic E-state index is -0.584. The fraction of sp³-hybridized carbons (Fsp3) is 0.118. The Hall–Kier alpha value is -2.87. The van der Waals surface area contributed by atoms with Crippen LogP contribution in [0.4, 0.5) is 11.4 Å². The standard InChI is InChI=1S/C17H15BrN2O5/c1-24-13-5-6-14(15(10-13)20(22)23)19-17(21)8-3-11-9-12(18)4-7-16(11)25-2/h3-10H,1-2H3,(H,19,21). The fourth-order valence-corrected chi connectivity index (χ4v) is 2.45. The molecule has 0 spiro atoms. The number of hydrogen-bond acceptors (Lipinski definition) is 5. The summed E-state index contributed by atoms with van der Waals surface area (Å²) >= 11 is 3.35. The predicted molar refractivity (Wildman–Crippen MR) is 98.0 cm³/mol. The van der Waals surface area contributed by atoms with Crippen molar-refractivity contribution >= 4 is 39.3 Å². The van der Waals surface area contributed by atoms with Crippen molar-refractivity contribution in [3.8, 4) is 11.5 Å². The Kier molecular flexibility index (Phi) is 6.13. The van der Waals surface area contributed by atoms with Crippen LogP contribution in [0.1, 0.15) is 5.56 Å². The van der Waals surface area contributed by atoms with Gasteiger partial charge in [0.1, 0.15) is 17.2 Å². The number of carbonyl (C=O) groups is 1. The van der Waals surface area contributed by atoms with Crippen LogP contribution >= 0.6 is 15.9 Å². The van der Waals surface area contributed by atoms with Crippen LogP contribution in [-0.4, -0.2) is 25.1 Å². The summed E-state index contributed by atoms with van der Waals surface area (Å²) in [6, 6.07) is 9.56. The zero-order valence-electron chi connectivity index (χ0n) is 13.5. The van der Waals surface area contributed by atoms with Gasteiger partial charge in [-0.15, -0.1) is 0 Å². The number of carbonyl (C=O) groups excluding carboxylic acids is 1. The van der Waals surface area contributed by atoms with Gasteiger partial charge in [-0.2, -0.15) is 0 Å². The summed E-state index contributed by atoms with van der Waals surface area (Å²) in [6.45, 7) is 0. The second kappa shape index (κ2) is 8.29. The molecule has 0 aromatic heterocycles. The van der Waals surface area contributed by atoms with E-state index in [1.807, 2.05) is 6.07 Å². The number of hydrogen-bond donors (Lipinski definition) is 1. The summed E-state index contributed by atoms with van der Waals surface area (Å²) in [4.78, 5) is 22.6. The molecule has 0 saturated carbocycles. The average molecular weight is 407 g/mol. The third-order valence-corrected chi connectivity index (χ3v) is 3.76.